The van der Waals surface area contributed by atoms with E-state index in [0.717, 1.165) is 51.1 Å². The minimum Gasteiger partial charge on any atom is -0.484 e. The van der Waals surface area contributed by atoms with Crippen LogP contribution in [0.2, 0.25) is 0 Å². The molecule has 7 nitrogen and oxygen atoms in total. The first kappa shape index (κ1) is 23.1. The Morgan fingerprint density at radius 1 is 1.09 bits per heavy atom. The van der Waals surface area contributed by atoms with E-state index in [1.165, 1.54) is 0 Å². The van der Waals surface area contributed by atoms with Crippen LogP contribution >= 0.6 is 0 Å². The average molecular weight is 452 g/mol. The predicted molar refractivity (Wildman–Crippen MR) is 129 cm³/mol. The molecule has 1 unspecified atom stereocenters. The number of nitrogens with one attached hydrogen (secondary N) is 2. The second kappa shape index (κ2) is 11.2. The maximum absolute atomic E-state index is 13.1. The summed E-state index contributed by atoms with van der Waals surface area (Å²) < 4.78 is 11.2. The SMILES string of the molecule is CC1CCN(c2ccc(NC(=O)COc3ccccc3)cc2C(=O)NCC2CCCO2)CC1. The molecule has 2 heterocycles. The van der Waals surface area contributed by atoms with E-state index in [1.807, 2.05) is 30.3 Å². The molecule has 7 heteroatoms. The van der Waals surface area contributed by atoms with Crippen LogP contribution in [0.4, 0.5) is 11.4 Å². The quantitative estimate of drug-likeness (QED) is 0.637. The van der Waals surface area contributed by atoms with Gasteiger partial charge in [0.2, 0.25) is 0 Å². The van der Waals surface area contributed by atoms with Crippen molar-refractivity contribution in [1.29, 1.82) is 0 Å². The van der Waals surface area contributed by atoms with Gasteiger partial charge in [-0.2, -0.15) is 0 Å². The maximum Gasteiger partial charge on any atom is 0.262 e. The first-order valence-corrected chi connectivity index (χ1v) is 11.8. The minimum absolute atomic E-state index is 0.0752. The maximum atomic E-state index is 13.1. The van der Waals surface area contributed by atoms with Gasteiger partial charge in [0.1, 0.15) is 5.75 Å². The van der Waals surface area contributed by atoms with E-state index in [0.29, 0.717) is 29.5 Å². The van der Waals surface area contributed by atoms with Crippen LogP contribution in [0, 0.1) is 5.92 Å². The van der Waals surface area contributed by atoms with E-state index < -0.39 is 0 Å². The van der Waals surface area contributed by atoms with Crippen molar-refractivity contribution in [2.24, 2.45) is 5.92 Å². The van der Waals surface area contributed by atoms with Crippen LogP contribution in [0.25, 0.3) is 0 Å². The van der Waals surface area contributed by atoms with Crippen molar-refractivity contribution in [3.63, 3.8) is 0 Å². The highest BCUT2D eigenvalue weighted by molar-refractivity contribution is 6.02. The Morgan fingerprint density at radius 2 is 1.88 bits per heavy atom. The van der Waals surface area contributed by atoms with E-state index >= 15 is 0 Å². The first-order chi connectivity index (χ1) is 16.1. The van der Waals surface area contributed by atoms with Crippen molar-refractivity contribution in [3.8, 4) is 5.75 Å². The molecule has 33 heavy (non-hydrogen) atoms. The van der Waals surface area contributed by atoms with Crippen LogP contribution in [0.15, 0.2) is 48.5 Å². The molecular formula is C26H33N3O4. The van der Waals surface area contributed by atoms with Crippen LogP contribution in [0.5, 0.6) is 5.75 Å². The number of amides is 2. The van der Waals surface area contributed by atoms with Crippen molar-refractivity contribution >= 4 is 23.2 Å². The molecule has 2 amide bonds. The summed E-state index contributed by atoms with van der Waals surface area (Å²) in [5.41, 5.74) is 2.06. The second-order valence-electron chi connectivity index (χ2n) is 8.90. The Labute approximate surface area is 195 Å². The topological polar surface area (TPSA) is 79.9 Å². The summed E-state index contributed by atoms with van der Waals surface area (Å²) in [6.45, 7) is 5.26. The highest BCUT2D eigenvalue weighted by Gasteiger charge is 2.23. The van der Waals surface area contributed by atoms with Gasteiger partial charge in [-0.15, -0.1) is 0 Å². The smallest absolute Gasteiger partial charge is 0.262 e. The number of benzene rings is 2. The van der Waals surface area contributed by atoms with Gasteiger partial charge in [-0.25, -0.2) is 0 Å². The molecule has 2 aliphatic rings. The lowest BCUT2D eigenvalue weighted by atomic mass is 9.97. The number of hydrogen-bond donors (Lipinski definition) is 2. The Balaban J connectivity index is 1.45. The number of ether oxygens (including phenoxy) is 2. The van der Waals surface area contributed by atoms with Gasteiger partial charge in [-0.05, 0) is 61.9 Å². The Morgan fingerprint density at radius 3 is 2.61 bits per heavy atom. The lowest BCUT2D eigenvalue weighted by Crippen LogP contribution is -2.36. The average Bonchev–Trinajstić information content (AvgIpc) is 3.36. The van der Waals surface area contributed by atoms with Gasteiger partial charge in [0.05, 0.1) is 11.7 Å². The lowest BCUT2D eigenvalue weighted by Gasteiger charge is -2.33. The van der Waals surface area contributed by atoms with Gasteiger partial charge in [-0.1, -0.05) is 25.1 Å². The third kappa shape index (κ3) is 6.48. The Kier molecular flexibility index (Phi) is 7.83. The summed E-state index contributed by atoms with van der Waals surface area (Å²) in [6, 6.07) is 14.8. The van der Waals surface area contributed by atoms with E-state index in [2.05, 4.69) is 22.5 Å². The van der Waals surface area contributed by atoms with Crippen molar-refractivity contribution in [2.45, 2.75) is 38.7 Å². The fourth-order valence-electron chi connectivity index (χ4n) is 4.29. The Bertz CT molecular complexity index is 936. The second-order valence-corrected chi connectivity index (χ2v) is 8.90. The number of carbonyl (C=O) groups excluding carboxylic acids is 2. The van der Waals surface area contributed by atoms with E-state index in [4.69, 9.17) is 9.47 Å². The van der Waals surface area contributed by atoms with Crippen LogP contribution in [-0.4, -0.2) is 50.8 Å². The number of hydrogen-bond acceptors (Lipinski definition) is 5. The predicted octanol–water partition coefficient (Wildman–Crippen LogP) is 3.85. The number of rotatable bonds is 8. The zero-order valence-corrected chi connectivity index (χ0v) is 19.2. The van der Waals surface area contributed by atoms with Crippen molar-refractivity contribution in [3.05, 3.63) is 54.1 Å². The zero-order valence-electron chi connectivity index (χ0n) is 19.2. The summed E-state index contributed by atoms with van der Waals surface area (Å²) in [7, 11) is 0. The van der Waals surface area contributed by atoms with Crippen molar-refractivity contribution in [1.82, 2.24) is 5.32 Å². The molecule has 0 aromatic heterocycles. The van der Waals surface area contributed by atoms with E-state index in [9.17, 15) is 9.59 Å². The van der Waals surface area contributed by atoms with Gasteiger partial charge in [0.15, 0.2) is 6.61 Å². The molecule has 0 spiro atoms. The summed E-state index contributed by atoms with van der Waals surface area (Å²) in [4.78, 5) is 27.8. The monoisotopic (exact) mass is 451 g/mol. The molecule has 0 aliphatic carbocycles. The van der Waals surface area contributed by atoms with Crippen molar-refractivity contribution < 1.29 is 19.1 Å². The standard InChI is InChI=1S/C26H33N3O4/c1-19-11-13-29(14-12-19)24-10-9-20(28-25(30)18-33-21-6-3-2-4-7-21)16-23(24)26(31)27-17-22-8-5-15-32-22/h2-4,6-7,9-10,16,19,22H,5,8,11-15,17-18H2,1H3,(H,27,31)(H,28,30). The molecule has 2 saturated heterocycles. The van der Waals surface area contributed by atoms with E-state index in [-0.39, 0.29) is 24.5 Å². The highest BCUT2D eigenvalue weighted by atomic mass is 16.5. The molecular weight excluding hydrogens is 418 g/mol. The summed E-state index contributed by atoms with van der Waals surface area (Å²) >= 11 is 0. The molecule has 4 rings (SSSR count). The van der Waals surface area contributed by atoms with E-state index in [1.54, 1.807) is 18.2 Å². The van der Waals surface area contributed by atoms with Gasteiger partial charge in [-0.3, -0.25) is 9.59 Å². The number of para-hydroxylation sites is 1. The highest BCUT2D eigenvalue weighted by Crippen LogP contribution is 2.29. The molecule has 0 saturated carbocycles. The third-order valence-electron chi connectivity index (χ3n) is 6.28. The molecule has 176 valence electrons. The molecule has 0 bridgehead atoms. The summed E-state index contributed by atoms with van der Waals surface area (Å²) in [6.07, 6.45) is 4.28. The summed E-state index contributed by atoms with van der Waals surface area (Å²) in [5, 5.41) is 5.88. The molecule has 2 aliphatic heterocycles. The molecule has 2 aromatic rings. The number of piperidine rings is 1. The van der Waals surface area contributed by atoms with Gasteiger partial charge in [0, 0.05) is 37.6 Å². The number of anilines is 2. The van der Waals surface area contributed by atoms with Crippen molar-refractivity contribution in [2.75, 3.05) is 43.1 Å². The fourth-order valence-corrected chi connectivity index (χ4v) is 4.29. The van der Waals surface area contributed by atoms with Crippen LogP contribution < -0.4 is 20.3 Å². The molecule has 2 N–H and O–H groups in total. The molecule has 2 fully saturated rings. The lowest BCUT2D eigenvalue weighted by molar-refractivity contribution is -0.118. The Hall–Kier alpha value is -3.06. The van der Waals surface area contributed by atoms with Crippen LogP contribution in [0.3, 0.4) is 0 Å². The largest absolute Gasteiger partial charge is 0.484 e. The number of carbonyl (C=O) groups is 2. The molecule has 1 atom stereocenters. The van der Waals surface area contributed by atoms with Gasteiger partial charge >= 0.3 is 0 Å². The third-order valence-corrected chi connectivity index (χ3v) is 6.28. The summed E-state index contributed by atoms with van der Waals surface area (Å²) in [5.74, 6) is 0.914. The van der Waals surface area contributed by atoms with Crippen LogP contribution in [0.1, 0.15) is 43.0 Å². The molecule has 2 aromatic carbocycles. The van der Waals surface area contributed by atoms with Gasteiger partial charge < -0.3 is 25.0 Å². The first-order valence-electron chi connectivity index (χ1n) is 11.8. The fraction of sp³-hybridized carbons (Fsp3) is 0.462. The van der Waals surface area contributed by atoms with Gasteiger partial charge in [0.25, 0.3) is 11.8 Å². The number of nitrogens with zero attached hydrogens (tertiary/aromatic N) is 1. The zero-order chi connectivity index (χ0) is 23.0. The minimum atomic E-state index is -0.274. The molecule has 0 radical (unpaired) electrons. The normalized spacial score (nSPS) is 18.7. The van der Waals surface area contributed by atoms with Crippen LogP contribution in [-0.2, 0) is 9.53 Å².